The second-order valence-electron chi connectivity index (χ2n) is 5.06. The van der Waals surface area contributed by atoms with Gasteiger partial charge in [0.05, 0.1) is 5.71 Å². The quantitative estimate of drug-likeness (QED) is 0.465. The van der Waals surface area contributed by atoms with Crippen LogP contribution in [0.25, 0.3) is 0 Å². The van der Waals surface area contributed by atoms with Crippen molar-refractivity contribution in [2.75, 3.05) is 4.67 Å². The maximum atomic E-state index is 11.3. The lowest BCUT2D eigenvalue weighted by molar-refractivity contribution is -0.111. The van der Waals surface area contributed by atoms with Crippen LogP contribution in [0, 0.1) is 0 Å². The second-order valence-corrected chi connectivity index (χ2v) is 9.83. The highest BCUT2D eigenvalue weighted by atomic mass is 28.3. The zero-order valence-corrected chi connectivity index (χ0v) is 12.2. The number of rotatable bonds is 4. The van der Waals surface area contributed by atoms with E-state index in [0.717, 1.165) is 5.69 Å². The third-order valence-electron chi connectivity index (χ3n) is 2.40. The minimum atomic E-state index is -1.64. The van der Waals surface area contributed by atoms with Crippen molar-refractivity contribution in [3.8, 4) is 0 Å². The van der Waals surface area contributed by atoms with E-state index in [4.69, 9.17) is 0 Å². The van der Waals surface area contributed by atoms with Crippen molar-refractivity contribution in [3.63, 3.8) is 0 Å². The molecule has 1 rings (SSSR count). The Kier molecular flexibility index (Phi) is 4.23. The Labute approximate surface area is 104 Å². The van der Waals surface area contributed by atoms with Gasteiger partial charge in [0.2, 0.25) is 0 Å². The monoisotopic (exact) mass is 248 g/mol. The van der Waals surface area contributed by atoms with Crippen LogP contribution in [0.15, 0.2) is 35.4 Å². The summed E-state index contributed by atoms with van der Waals surface area (Å²) in [4.78, 5) is 11.3. The predicted molar refractivity (Wildman–Crippen MR) is 76.1 cm³/mol. The van der Waals surface area contributed by atoms with Crippen LogP contribution >= 0.6 is 0 Å². The molecule has 0 aliphatic carbocycles. The summed E-state index contributed by atoms with van der Waals surface area (Å²) in [6.45, 7) is 9.93. The highest BCUT2D eigenvalue weighted by Gasteiger charge is 2.24. The first-order chi connectivity index (χ1) is 7.82. The van der Waals surface area contributed by atoms with Gasteiger partial charge in [-0.25, -0.2) is 0 Å². The summed E-state index contributed by atoms with van der Waals surface area (Å²) in [5, 5.41) is 4.48. The Bertz CT molecular complexity index is 421. The molecule has 0 amide bonds. The van der Waals surface area contributed by atoms with E-state index in [1.807, 2.05) is 35.0 Å². The van der Waals surface area contributed by atoms with Crippen LogP contribution < -0.4 is 4.67 Å². The number of hydrogen-bond donors (Lipinski definition) is 0. The molecule has 0 spiro atoms. The topological polar surface area (TPSA) is 32.7 Å². The predicted octanol–water partition coefficient (Wildman–Crippen LogP) is 3.29. The van der Waals surface area contributed by atoms with E-state index in [-0.39, 0.29) is 5.78 Å². The van der Waals surface area contributed by atoms with Gasteiger partial charge in [0, 0.05) is 12.6 Å². The molecule has 0 atom stereocenters. The van der Waals surface area contributed by atoms with Crippen LogP contribution in [-0.2, 0) is 4.79 Å². The highest BCUT2D eigenvalue weighted by Crippen LogP contribution is 2.21. The smallest absolute Gasteiger partial charge is 0.176 e. The molecule has 17 heavy (non-hydrogen) atoms. The van der Waals surface area contributed by atoms with E-state index >= 15 is 0 Å². The van der Waals surface area contributed by atoms with Crippen molar-refractivity contribution in [2.24, 2.45) is 5.10 Å². The summed E-state index contributed by atoms with van der Waals surface area (Å²) >= 11 is 0. The molecule has 0 aromatic heterocycles. The van der Waals surface area contributed by atoms with Crippen LogP contribution in [0.1, 0.15) is 13.8 Å². The van der Waals surface area contributed by atoms with Crippen LogP contribution in [0.4, 0.5) is 5.69 Å². The van der Waals surface area contributed by atoms with E-state index in [1.165, 1.54) is 0 Å². The fraction of sp³-hybridized carbons (Fsp3) is 0.385. The Morgan fingerprint density at radius 1 is 1.12 bits per heavy atom. The number of nitrogens with zero attached hydrogens (tertiary/aromatic N) is 2. The molecule has 1 aromatic rings. The fourth-order valence-corrected chi connectivity index (χ4v) is 2.76. The van der Waals surface area contributed by atoms with Crippen molar-refractivity contribution in [3.05, 3.63) is 30.3 Å². The maximum Gasteiger partial charge on any atom is 0.176 e. The van der Waals surface area contributed by atoms with Gasteiger partial charge in [0.25, 0.3) is 0 Å². The highest BCUT2D eigenvalue weighted by molar-refractivity contribution is 6.79. The molecular weight excluding hydrogens is 228 g/mol. The third-order valence-corrected chi connectivity index (χ3v) is 4.02. The van der Waals surface area contributed by atoms with Crippen molar-refractivity contribution in [2.45, 2.75) is 33.5 Å². The standard InChI is InChI=1S/C13H20N2OSi/c1-11(12(2)16)14-15(17(3,4)5)13-9-7-6-8-10-13/h6-10H,1-5H3. The molecule has 0 aliphatic rings. The summed E-state index contributed by atoms with van der Waals surface area (Å²) < 4.78 is 2.02. The van der Waals surface area contributed by atoms with E-state index in [1.54, 1.807) is 13.8 Å². The summed E-state index contributed by atoms with van der Waals surface area (Å²) in [5.41, 5.74) is 1.60. The molecule has 0 saturated heterocycles. The molecule has 0 heterocycles. The van der Waals surface area contributed by atoms with Gasteiger partial charge < -0.3 is 0 Å². The lowest BCUT2D eigenvalue weighted by atomic mass is 10.3. The number of Topliss-reactive ketones (excluding diaryl/α,β-unsaturated/α-hetero) is 1. The number of hydrazone groups is 1. The normalized spacial score (nSPS) is 12.4. The molecule has 0 bridgehead atoms. The van der Waals surface area contributed by atoms with Crippen LogP contribution in [0.2, 0.25) is 19.6 Å². The van der Waals surface area contributed by atoms with Crippen molar-refractivity contribution in [1.82, 2.24) is 0 Å². The molecule has 0 N–H and O–H groups in total. The minimum Gasteiger partial charge on any atom is -0.295 e. The van der Waals surface area contributed by atoms with Crippen LogP contribution in [0.3, 0.4) is 0 Å². The molecule has 1 aromatic carbocycles. The van der Waals surface area contributed by atoms with Gasteiger partial charge in [-0.15, -0.1) is 0 Å². The number of carbonyl (C=O) groups excluding carboxylic acids is 1. The summed E-state index contributed by atoms with van der Waals surface area (Å²) in [6.07, 6.45) is 0. The van der Waals surface area contributed by atoms with Crippen molar-refractivity contribution in [1.29, 1.82) is 0 Å². The molecular formula is C13H20N2OSi. The molecule has 0 fully saturated rings. The fourth-order valence-electron chi connectivity index (χ4n) is 1.38. The zero-order chi connectivity index (χ0) is 13.1. The molecule has 92 valence electrons. The summed E-state index contributed by atoms with van der Waals surface area (Å²) in [5.74, 6) is 0.0178. The van der Waals surface area contributed by atoms with Gasteiger partial charge in [-0.05, 0) is 38.7 Å². The Morgan fingerprint density at radius 2 is 1.65 bits per heavy atom. The van der Waals surface area contributed by atoms with E-state index in [0.29, 0.717) is 5.71 Å². The number of para-hydroxylation sites is 1. The van der Waals surface area contributed by atoms with Crippen LogP contribution in [-0.4, -0.2) is 19.7 Å². The summed E-state index contributed by atoms with van der Waals surface area (Å²) in [6, 6.07) is 10.00. The van der Waals surface area contributed by atoms with Crippen molar-refractivity contribution >= 4 is 25.4 Å². The van der Waals surface area contributed by atoms with E-state index in [2.05, 4.69) is 24.7 Å². The summed E-state index contributed by atoms with van der Waals surface area (Å²) in [7, 11) is -1.64. The lowest BCUT2D eigenvalue weighted by Gasteiger charge is -2.31. The molecule has 0 saturated carbocycles. The molecule has 4 heteroatoms. The number of carbonyl (C=O) groups is 1. The SMILES string of the molecule is CC(=O)C(C)=NN(c1ccccc1)[Si](C)(C)C. The van der Waals surface area contributed by atoms with E-state index < -0.39 is 8.24 Å². The Morgan fingerprint density at radius 3 is 2.06 bits per heavy atom. The van der Waals surface area contributed by atoms with Crippen LogP contribution in [0.5, 0.6) is 0 Å². The molecule has 0 radical (unpaired) electrons. The van der Waals surface area contributed by atoms with E-state index in [9.17, 15) is 4.79 Å². The first kappa shape index (κ1) is 13.6. The largest absolute Gasteiger partial charge is 0.295 e. The number of ketones is 1. The van der Waals surface area contributed by atoms with Gasteiger partial charge in [-0.1, -0.05) is 18.2 Å². The minimum absolute atomic E-state index is 0.0178. The Hall–Kier alpha value is -1.42. The first-order valence-corrected chi connectivity index (χ1v) is 9.18. The third kappa shape index (κ3) is 3.82. The zero-order valence-electron chi connectivity index (χ0n) is 11.2. The maximum absolute atomic E-state index is 11.3. The molecule has 3 nitrogen and oxygen atoms in total. The van der Waals surface area contributed by atoms with Gasteiger partial charge in [0.1, 0.15) is 0 Å². The first-order valence-electron chi connectivity index (χ1n) is 5.74. The number of benzene rings is 1. The number of anilines is 1. The molecule has 0 unspecified atom stereocenters. The van der Waals surface area contributed by atoms with Gasteiger partial charge in [-0.3, -0.25) is 9.47 Å². The van der Waals surface area contributed by atoms with Gasteiger partial charge >= 0.3 is 0 Å². The van der Waals surface area contributed by atoms with Gasteiger partial charge in [-0.2, -0.15) is 5.10 Å². The van der Waals surface area contributed by atoms with Crippen molar-refractivity contribution < 1.29 is 4.79 Å². The number of hydrogen-bond acceptors (Lipinski definition) is 3. The average molecular weight is 248 g/mol. The van der Waals surface area contributed by atoms with Gasteiger partial charge in [0.15, 0.2) is 14.0 Å². The Balaban J connectivity index is 3.16. The average Bonchev–Trinajstić information content (AvgIpc) is 2.25. The lowest BCUT2D eigenvalue weighted by Crippen LogP contribution is -2.43. The second kappa shape index (κ2) is 5.27. The molecule has 0 aliphatic heterocycles.